The van der Waals surface area contributed by atoms with Gasteiger partial charge in [0.2, 0.25) is 5.91 Å². The van der Waals surface area contributed by atoms with E-state index in [1.165, 1.54) is 19.3 Å². The van der Waals surface area contributed by atoms with Crippen LogP contribution in [0, 0.1) is 0 Å². The van der Waals surface area contributed by atoms with Crippen LogP contribution in [0.4, 0.5) is 0 Å². The van der Waals surface area contributed by atoms with E-state index in [2.05, 4.69) is 0 Å². The Morgan fingerprint density at radius 3 is 2.59 bits per heavy atom. The van der Waals surface area contributed by atoms with Crippen molar-refractivity contribution in [3.05, 3.63) is 24.3 Å². The summed E-state index contributed by atoms with van der Waals surface area (Å²) >= 11 is 0. The van der Waals surface area contributed by atoms with Crippen molar-refractivity contribution in [2.24, 2.45) is 0 Å². The minimum atomic E-state index is 0.0176. The third-order valence-electron chi connectivity index (χ3n) is 3.18. The Kier molecular flexibility index (Phi) is 6.63. The highest BCUT2D eigenvalue weighted by atomic mass is 16.3. The molecule has 1 saturated carbocycles. The molecule has 1 aliphatic carbocycles. The summed E-state index contributed by atoms with van der Waals surface area (Å²) in [7, 11) is 0. The Labute approximate surface area is 104 Å². The first-order chi connectivity index (χ1) is 8.29. The number of carbonyl (C=O) groups is 1. The Morgan fingerprint density at radius 1 is 1.29 bits per heavy atom. The molecule has 0 spiro atoms. The molecule has 1 rings (SSSR count). The summed E-state index contributed by atoms with van der Waals surface area (Å²) in [6.07, 6.45) is 12.9. The molecule has 0 bridgehead atoms. The second kappa shape index (κ2) is 8.07. The molecular weight excluding hydrogens is 214 g/mol. The van der Waals surface area contributed by atoms with Gasteiger partial charge in [-0.05, 0) is 19.8 Å². The van der Waals surface area contributed by atoms with Crippen LogP contribution in [0.1, 0.15) is 39.0 Å². The van der Waals surface area contributed by atoms with E-state index in [-0.39, 0.29) is 12.5 Å². The van der Waals surface area contributed by atoms with Gasteiger partial charge in [0.15, 0.2) is 0 Å². The smallest absolute Gasteiger partial charge is 0.246 e. The number of hydrogen-bond acceptors (Lipinski definition) is 2. The summed E-state index contributed by atoms with van der Waals surface area (Å²) in [4.78, 5) is 13.8. The average molecular weight is 237 g/mol. The van der Waals surface area contributed by atoms with E-state index in [1.54, 1.807) is 12.2 Å². The lowest BCUT2D eigenvalue weighted by Gasteiger charge is -2.33. The molecule has 1 fully saturated rings. The second-order valence-electron chi connectivity index (χ2n) is 4.43. The zero-order chi connectivity index (χ0) is 12.5. The van der Waals surface area contributed by atoms with Crippen LogP contribution in [0.2, 0.25) is 0 Å². The van der Waals surface area contributed by atoms with Crippen molar-refractivity contribution in [2.75, 3.05) is 13.2 Å². The second-order valence-corrected chi connectivity index (χ2v) is 4.43. The van der Waals surface area contributed by atoms with Crippen molar-refractivity contribution >= 4 is 5.91 Å². The van der Waals surface area contributed by atoms with Crippen molar-refractivity contribution in [3.8, 4) is 0 Å². The van der Waals surface area contributed by atoms with Gasteiger partial charge in [-0.1, -0.05) is 37.5 Å². The largest absolute Gasteiger partial charge is 0.395 e. The molecule has 0 atom stereocenters. The number of amides is 1. The Bertz CT molecular complexity index is 278. The fourth-order valence-corrected chi connectivity index (χ4v) is 2.32. The van der Waals surface area contributed by atoms with E-state index in [9.17, 15) is 4.79 Å². The summed E-state index contributed by atoms with van der Waals surface area (Å²) in [5, 5.41) is 9.06. The molecule has 0 aromatic rings. The summed E-state index contributed by atoms with van der Waals surface area (Å²) in [5.74, 6) is 0.0176. The summed E-state index contributed by atoms with van der Waals surface area (Å²) in [6, 6.07) is 0.318. The number of rotatable bonds is 5. The van der Waals surface area contributed by atoms with Gasteiger partial charge in [0.05, 0.1) is 6.61 Å². The lowest BCUT2D eigenvalue weighted by Crippen LogP contribution is -2.42. The predicted octanol–water partition coefficient (Wildman–Crippen LogP) is 2.27. The van der Waals surface area contributed by atoms with Gasteiger partial charge in [0.1, 0.15) is 0 Å². The normalized spacial score (nSPS) is 18.0. The number of allylic oxidation sites excluding steroid dienone is 3. The molecule has 1 amide bonds. The van der Waals surface area contributed by atoms with E-state index in [4.69, 9.17) is 5.11 Å². The van der Waals surface area contributed by atoms with E-state index in [0.717, 1.165) is 12.8 Å². The first-order valence-corrected chi connectivity index (χ1v) is 6.50. The number of aliphatic hydroxyl groups excluding tert-OH is 1. The number of aliphatic hydroxyl groups is 1. The van der Waals surface area contributed by atoms with Crippen molar-refractivity contribution in [2.45, 2.75) is 45.1 Å². The maximum Gasteiger partial charge on any atom is 0.246 e. The molecule has 96 valence electrons. The van der Waals surface area contributed by atoms with Crippen LogP contribution in [0.3, 0.4) is 0 Å². The maximum absolute atomic E-state index is 12.0. The average Bonchev–Trinajstić information content (AvgIpc) is 2.37. The summed E-state index contributed by atoms with van der Waals surface area (Å²) in [6.45, 7) is 2.41. The zero-order valence-electron chi connectivity index (χ0n) is 10.6. The molecule has 17 heavy (non-hydrogen) atoms. The van der Waals surface area contributed by atoms with Gasteiger partial charge in [-0.2, -0.15) is 0 Å². The highest BCUT2D eigenvalue weighted by Crippen LogP contribution is 2.22. The molecule has 3 heteroatoms. The Balaban J connectivity index is 2.59. The molecule has 1 N–H and O–H groups in total. The lowest BCUT2D eigenvalue weighted by atomic mass is 9.94. The van der Waals surface area contributed by atoms with Crippen molar-refractivity contribution in [3.63, 3.8) is 0 Å². The highest BCUT2D eigenvalue weighted by molar-refractivity contribution is 5.88. The third-order valence-corrected chi connectivity index (χ3v) is 3.18. The quantitative estimate of drug-likeness (QED) is 0.588. The van der Waals surface area contributed by atoms with Crippen molar-refractivity contribution in [1.29, 1.82) is 0 Å². The molecule has 0 aromatic carbocycles. The van der Waals surface area contributed by atoms with E-state index in [0.29, 0.717) is 12.6 Å². The molecule has 3 nitrogen and oxygen atoms in total. The fraction of sp³-hybridized carbons (Fsp3) is 0.643. The zero-order valence-corrected chi connectivity index (χ0v) is 10.6. The fourth-order valence-electron chi connectivity index (χ4n) is 2.32. The van der Waals surface area contributed by atoms with E-state index < -0.39 is 0 Å². The predicted molar refractivity (Wildman–Crippen MR) is 69.6 cm³/mol. The van der Waals surface area contributed by atoms with Crippen LogP contribution in [0.25, 0.3) is 0 Å². The van der Waals surface area contributed by atoms with Crippen molar-refractivity contribution in [1.82, 2.24) is 4.90 Å². The minimum Gasteiger partial charge on any atom is -0.395 e. The van der Waals surface area contributed by atoms with Crippen LogP contribution < -0.4 is 0 Å². The first-order valence-electron chi connectivity index (χ1n) is 6.50. The van der Waals surface area contributed by atoms with E-state index in [1.807, 2.05) is 24.0 Å². The highest BCUT2D eigenvalue weighted by Gasteiger charge is 2.23. The Morgan fingerprint density at radius 2 is 2.00 bits per heavy atom. The van der Waals surface area contributed by atoms with Gasteiger partial charge in [0.25, 0.3) is 0 Å². The molecule has 0 saturated heterocycles. The Hall–Kier alpha value is -1.09. The number of carbonyl (C=O) groups excluding carboxylic acids is 1. The first kappa shape index (κ1) is 14.0. The lowest BCUT2D eigenvalue weighted by molar-refractivity contribution is -0.129. The van der Waals surface area contributed by atoms with Crippen LogP contribution in [-0.4, -0.2) is 35.1 Å². The number of nitrogens with zero attached hydrogens (tertiary/aromatic N) is 1. The van der Waals surface area contributed by atoms with Gasteiger partial charge >= 0.3 is 0 Å². The van der Waals surface area contributed by atoms with Gasteiger partial charge in [0, 0.05) is 18.7 Å². The van der Waals surface area contributed by atoms with Crippen LogP contribution >= 0.6 is 0 Å². The monoisotopic (exact) mass is 237 g/mol. The third kappa shape index (κ3) is 4.73. The number of hydrogen-bond donors (Lipinski definition) is 1. The molecule has 0 unspecified atom stereocenters. The summed E-state index contributed by atoms with van der Waals surface area (Å²) in [5.41, 5.74) is 0. The maximum atomic E-state index is 12.0. The molecule has 0 aromatic heterocycles. The van der Waals surface area contributed by atoms with Gasteiger partial charge in [-0.25, -0.2) is 0 Å². The molecule has 0 radical (unpaired) electrons. The molecular formula is C14H23NO2. The molecule has 0 aliphatic heterocycles. The van der Waals surface area contributed by atoms with Crippen LogP contribution in [0.15, 0.2) is 24.3 Å². The van der Waals surface area contributed by atoms with E-state index >= 15 is 0 Å². The van der Waals surface area contributed by atoms with Gasteiger partial charge in [-0.3, -0.25) is 4.79 Å². The van der Waals surface area contributed by atoms with Gasteiger partial charge in [-0.15, -0.1) is 0 Å². The molecule has 0 heterocycles. The summed E-state index contributed by atoms with van der Waals surface area (Å²) < 4.78 is 0. The standard InChI is InChI=1S/C14H23NO2/c1-2-3-5-10-14(17)15(11-12-16)13-8-6-4-7-9-13/h2-3,5,10,13,16H,4,6-9,11-12H2,1H3/b3-2+,10-5+. The van der Waals surface area contributed by atoms with Gasteiger partial charge < -0.3 is 10.0 Å². The minimum absolute atomic E-state index is 0.0176. The van der Waals surface area contributed by atoms with Crippen LogP contribution in [-0.2, 0) is 4.79 Å². The van der Waals surface area contributed by atoms with Crippen molar-refractivity contribution < 1.29 is 9.90 Å². The topological polar surface area (TPSA) is 40.5 Å². The van der Waals surface area contributed by atoms with Crippen LogP contribution in [0.5, 0.6) is 0 Å². The SMILES string of the molecule is C/C=C/C=C/C(=O)N(CCO)C1CCCCC1. The molecule has 1 aliphatic rings.